The molecule has 0 radical (unpaired) electrons. The summed E-state index contributed by atoms with van der Waals surface area (Å²) >= 11 is 0. The van der Waals surface area contributed by atoms with E-state index in [2.05, 4.69) is 10.3 Å². The molecule has 1 aromatic heterocycles. The number of nitrogens with zero attached hydrogens (tertiary/aromatic N) is 2. The minimum atomic E-state index is -0.0398. The molecule has 18 heavy (non-hydrogen) atoms. The van der Waals surface area contributed by atoms with Crippen molar-refractivity contribution < 1.29 is 4.79 Å². The van der Waals surface area contributed by atoms with Crippen LogP contribution in [0.15, 0.2) is 36.5 Å². The number of amides is 1. The standard InChI is InChI=1S/C14H17N3O/c1-15-9-10-17(2)14(18)13-12-6-4-3-5-11(12)7-8-16-13/h3-8,15H,9-10H2,1-2H3. The quantitative estimate of drug-likeness (QED) is 0.885. The fourth-order valence-corrected chi connectivity index (χ4v) is 1.85. The molecular formula is C14H17N3O. The number of nitrogens with one attached hydrogen (secondary N) is 1. The van der Waals surface area contributed by atoms with E-state index in [0.29, 0.717) is 12.2 Å². The number of carbonyl (C=O) groups is 1. The minimum absolute atomic E-state index is 0.0398. The molecule has 0 atom stereocenters. The zero-order chi connectivity index (χ0) is 13.0. The molecule has 0 spiro atoms. The molecule has 0 aliphatic carbocycles. The van der Waals surface area contributed by atoms with Crippen LogP contribution in [-0.4, -0.2) is 43.0 Å². The van der Waals surface area contributed by atoms with Gasteiger partial charge in [0.25, 0.3) is 5.91 Å². The van der Waals surface area contributed by atoms with Gasteiger partial charge in [0.15, 0.2) is 0 Å². The summed E-state index contributed by atoms with van der Waals surface area (Å²) in [6, 6.07) is 9.72. The van der Waals surface area contributed by atoms with E-state index >= 15 is 0 Å². The molecule has 0 saturated heterocycles. The molecule has 0 aliphatic heterocycles. The van der Waals surface area contributed by atoms with Gasteiger partial charge in [-0.3, -0.25) is 9.78 Å². The van der Waals surface area contributed by atoms with E-state index in [9.17, 15) is 4.79 Å². The topological polar surface area (TPSA) is 45.2 Å². The van der Waals surface area contributed by atoms with Crippen LogP contribution in [0, 0.1) is 0 Å². The Labute approximate surface area is 107 Å². The summed E-state index contributed by atoms with van der Waals surface area (Å²) < 4.78 is 0. The normalized spacial score (nSPS) is 10.6. The summed E-state index contributed by atoms with van der Waals surface area (Å²) in [5, 5.41) is 4.97. The van der Waals surface area contributed by atoms with Gasteiger partial charge in [0, 0.05) is 31.7 Å². The van der Waals surface area contributed by atoms with E-state index in [4.69, 9.17) is 0 Å². The van der Waals surface area contributed by atoms with Crippen LogP contribution in [0.1, 0.15) is 10.5 Å². The van der Waals surface area contributed by atoms with Gasteiger partial charge < -0.3 is 10.2 Å². The molecule has 4 heteroatoms. The van der Waals surface area contributed by atoms with Crippen molar-refractivity contribution in [2.75, 3.05) is 27.2 Å². The average Bonchev–Trinajstić information content (AvgIpc) is 2.43. The highest BCUT2D eigenvalue weighted by atomic mass is 16.2. The third-order valence-electron chi connectivity index (χ3n) is 2.92. The predicted molar refractivity (Wildman–Crippen MR) is 72.6 cm³/mol. The third kappa shape index (κ3) is 2.49. The second-order valence-electron chi connectivity index (χ2n) is 4.21. The van der Waals surface area contributed by atoms with Crippen LogP contribution in [0.3, 0.4) is 0 Å². The second kappa shape index (κ2) is 5.60. The zero-order valence-electron chi connectivity index (χ0n) is 10.7. The minimum Gasteiger partial charge on any atom is -0.339 e. The van der Waals surface area contributed by atoms with Gasteiger partial charge in [-0.05, 0) is 18.5 Å². The van der Waals surface area contributed by atoms with Crippen molar-refractivity contribution in [3.63, 3.8) is 0 Å². The maximum atomic E-state index is 12.3. The summed E-state index contributed by atoms with van der Waals surface area (Å²) in [5.74, 6) is -0.0398. The number of carbonyl (C=O) groups excluding carboxylic acids is 1. The van der Waals surface area contributed by atoms with Crippen molar-refractivity contribution in [3.05, 3.63) is 42.2 Å². The van der Waals surface area contributed by atoms with Crippen molar-refractivity contribution in [1.82, 2.24) is 15.2 Å². The fourth-order valence-electron chi connectivity index (χ4n) is 1.85. The average molecular weight is 243 g/mol. The summed E-state index contributed by atoms with van der Waals surface area (Å²) in [5.41, 5.74) is 0.520. The van der Waals surface area contributed by atoms with Crippen LogP contribution in [0.25, 0.3) is 10.8 Å². The van der Waals surface area contributed by atoms with E-state index in [0.717, 1.165) is 17.3 Å². The van der Waals surface area contributed by atoms with Crippen molar-refractivity contribution in [2.45, 2.75) is 0 Å². The lowest BCUT2D eigenvalue weighted by Crippen LogP contribution is -2.33. The highest BCUT2D eigenvalue weighted by molar-refractivity contribution is 6.04. The first kappa shape index (κ1) is 12.5. The van der Waals surface area contributed by atoms with Gasteiger partial charge in [-0.25, -0.2) is 0 Å². The van der Waals surface area contributed by atoms with Gasteiger partial charge in [0.1, 0.15) is 5.69 Å². The van der Waals surface area contributed by atoms with E-state index in [1.165, 1.54) is 0 Å². The molecule has 1 N–H and O–H groups in total. The van der Waals surface area contributed by atoms with Gasteiger partial charge in [-0.1, -0.05) is 24.3 Å². The lowest BCUT2D eigenvalue weighted by atomic mass is 10.1. The summed E-state index contributed by atoms with van der Waals surface area (Å²) in [6.07, 6.45) is 1.68. The van der Waals surface area contributed by atoms with E-state index in [1.54, 1.807) is 18.1 Å². The number of fused-ring (bicyclic) bond motifs is 1. The maximum Gasteiger partial charge on any atom is 0.272 e. The van der Waals surface area contributed by atoms with Crippen LogP contribution in [0.2, 0.25) is 0 Å². The molecule has 1 aromatic carbocycles. The predicted octanol–water partition coefficient (Wildman–Crippen LogP) is 1.53. The Balaban J connectivity index is 2.33. The Morgan fingerprint density at radius 3 is 2.89 bits per heavy atom. The number of benzene rings is 1. The van der Waals surface area contributed by atoms with Crippen LogP contribution in [-0.2, 0) is 0 Å². The number of pyridine rings is 1. The monoisotopic (exact) mass is 243 g/mol. The highest BCUT2D eigenvalue weighted by Crippen LogP contribution is 2.17. The number of aromatic nitrogens is 1. The maximum absolute atomic E-state index is 12.3. The Kier molecular flexibility index (Phi) is 3.89. The second-order valence-corrected chi connectivity index (χ2v) is 4.21. The molecule has 2 aromatic rings. The number of likely N-dealkylation sites (N-methyl/N-ethyl adjacent to an activating group) is 2. The smallest absolute Gasteiger partial charge is 0.272 e. The Morgan fingerprint density at radius 2 is 2.11 bits per heavy atom. The van der Waals surface area contributed by atoms with Crippen molar-refractivity contribution in [1.29, 1.82) is 0 Å². The van der Waals surface area contributed by atoms with E-state index in [-0.39, 0.29) is 5.91 Å². The lowest BCUT2D eigenvalue weighted by molar-refractivity contribution is 0.0793. The highest BCUT2D eigenvalue weighted by Gasteiger charge is 2.15. The molecular weight excluding hydrogens is 226 g/mol. The Morgan fingerprint density at radius 1 is 1.33 bits per heavy atom. The third-order valence-corrected chi connectivity index (χ3v) is 2.92. The van der Waals surface area contributed by atoms with Gasteiger partial charge in [-0.15, -0.1) is 0 Å². The van der Waals surface area contributed by atoms with Gasteiger partial charge >= 0.3 is 0 Å². The van der Waals surface area contributed by atoms with Crippen molar-refractivity contribution in [3.8, 4) is 0 Å². The summed E-state index contributed by atoms with van der Waals surface area (Å²) in [7, 11) is 3.66. The van der Waals surface area contributed by atoms with Crippen molar-refractivity contribution in [2.24, 2.45) is 0 Å². The van der Waals surface area contributed by atoms with Crippen LogP contribution in [0.5, 0.6) is 0 Å². The molecule has 2 rings (SSSR count). The molecule has 0 aliphatic rings. The van der Waals surface area contributed by atoms with Gasteiger partial charge in [0.2, 0.25) is 0 Å². The van der Waals surface area contributed by atoms with Gasteiger partial charge in [-0.2, -0.15) is 0 Å². The molecule has 1 heterocycles. The molecule has 1 amide bonds. The Hall–Kier alpha value is -1.94. The number of rotatable bonds is 4. The van der Waals surface area contributed by atoms with E-state index in [1.807, 2.05) is 37.4 Å². The van der Waals surface area contributed by atoms with Crippen LogP contribution >= 0.6 is 0 Å². The summed E-state index contributed by atoms with van der Waals surface area (Å²) in [4.78, 5) is 18.2. The number of hydrogen-bond donors (Lipinski definition) is 1. The van der Waals surface area contributed by atoms with Gasteiger partial charge in [0.05, 0.1) is 0 Å². The molecule has 0 unspecified atom stereocenters. The largest absolute Gasteiger partial charge is 0.339 e. The SMILES string of the molecule is CNCCN(C)C(=O)c1nccc2ccccc12. The van der Waals surface area contributed by atoms with Crippen molar-refractivity contribution >= 4 is 16.7 Å². The van der Waals surface area contributed by atoms with Crippen LogP contribution < -0.4 is 5.32 Å². The molecule has 4 nitrogen and oxygen atoms in total. The molecule has 94 valence electrons. The van der Waals surface area contributed by atoms with Crippen LogP contribution in [0.4, 0.5) is 0 Å². The Bertz CT molecular complexity index is 548. The zero-order valence-corrected chi connectivity index (χ0v) is 10.7. The van der Waals surface area contributed by atoms with E-state index < -0.39 is 0 Å². The number of hydrogen-bond acceptors (Lipinski definition) is 3. The first-order valence-electron chi connectivity index (χ1n) is 5.98. The molecule has 0 bridgehead atoms. The summed E-state index contributed by atoms with van der Waals surface area (Å²) in [6.45, 7) is 1.44. The molecule has 0 saturated carbocycles. The first-order chi connectivity index (χ1) is 8.74. The fraction of sp³-hybridized carbons (Fsp3) is 0.286. The lowest BCUT2D eigenvalue weighted by Gasteiger charge is -2.17. The molecule has 0 fully saturated rings. The first-order valence-corrected chi connectivity index (χ1v) is 5.98.